The van der Waals surface area contributed by atoms with E-state index >= 15 is 0 Å². The molecular weight excluding hydrogens is 230 g/mol. The maximum absolute atomic E-state index is 10.3. The summed E-state index contributed by atoms with van der Waals surface area (Å²) in [6.45, 7) is -0.410. The second-order valence-corrected chi connectivity index (χ2v) is 3.94. The van der Waals surface area contributed by atoms with E-state index in [0.29, 0.717) is 5.02 Å². The Morgan fingerprint density at radius 1 is 1.50 bits per heavy atom. The molecule has 1 aliphatic carbocycles. The minimum absolute atomic E-state index is 0.410. The molecule has 0 saturated heterocycles. The van der Waals surface area contributed by atoms with E-state index < -0.39 is 12.6 Å². The lowest BCUT2D eigenvalue weighted by Crippen LogP contribution is -2.05. The third kappa shape index (κ3) is 2.33. The molecule has 16 heavy (non-hydrogen) atoms. The van der Waals surface area contributed by atoms with Crippen LogP contribution in [0, 0.1) is 0 Å². The topological polar surface area (TPSA) is 58.9 Å². The zero-order chi connectivity index (χ0) is 11.5. The molecule has 0 spiro atoms. The van der Waals surface area contributed by atoms with E-state index in [2.05, 4.69) is 5.16 Å². The minimum Gasteiger partial charge on any atom is -0.479 e. The molecule has 0 unspecified atom stereocenters. The van der Waals surface area contributed by atoms with Crippen LogP contribution >= 0.6 is 11.6 Å². The van der Waals surface area contributed by atoms with Crippen molar-refractivity contribution in [3.63, 3.8) is 0 Å². The fourth-order valence-corrected chi connectivity index (χ4v) is 1.89. The van der Waals surface area contributed by atoms with Crippen molar-refractivity contribution in [1.29, 1.82) is 0 Å². The molecule has 0 saturated carbocycles. The average molecular weight is 240 g/mol. The van der Waals surface area contributed by atoms with Gasteiger partial charge in [-0.05, 0) is 30.5 Å². The fraction of sp³-hybridized carbons (Fsp3) is 0.273. The van der Waals surface area contributed by atoms with Crippen molar-refractivity contribution in [3.05, 3.63) is 34.3 Å². The molecule has 1 aromatic rings. The Morgan fingerprint density at radius 2 is 2.31 bits per heavy atom. The molecule has 0 aliphatic heterocycles. The number of benzene rings is 1. The van der Waals surface area contributed by atoms with Crippen LogP contribution in [0.4, 0.5) is 0 Å². The second-order valence-electron chi connectivity index (χ2n) is 3.51. The van der Waals surface area contributed by atoms with Crippen LogP contribution in [0.15, 0.2) is 23.4 Å². The number of oxime groups is 1. The molecule has 1 N–H and O–H groups in total. The summed E-state index contributed by atoms with van der Waals surface area (Å²) in [6, 6.07) is 5.57. The Balaban J connectivity index is 2.14. The highest BCUT2D eigenvalue weighted by molar-refractivity contribution is 6.30. The molecule has 0 fully saturated rings. The zero-order valence-corrected chi connectivity index (χ0v) is 9.20. The summed E-state index contributed by atoms with van der Waals surface area (Å²) < 4.78 is 0. The molecular formula is C11H10ClNO3. The highest BCUT2D eigenvalue weighted by atomic mass is 35.5. The highest BCUT2D eigenvalue weighted by Crippen LogP contribution is 2.25. The first kappa shape index (κ1) is 11.0. The molecule has 0 heterocycles. The normalized spacial score (nSPS) is 16.2. The van der Waals surface area contributed by atoms with E-state index in [0.717, 1.165) is 29.7 Å². The Labute approximate surface area is 97.5 Å². The molecule has 1 aromatic carbocycles. The third-order valence-corrected chi connectivity index (χ3v) is 2.61. The number of carbonyl (C=O) groups is 1. The quantitative estimate of drug-likeness (QED) is 0.822. The third-order valence-electron chi connectivity index (χ3n) is 2.37. The van der Waals surface area contributed by atoms with Crippen LogP contribution in [-0.4, -0.2) is 23.4 Å². The summed E-state index contributed by atoms with van der Waals surface area (Å²) in [5.41, 5.74) is 2.91. The van der Waals surface area contributed by atoms with Gasteiger partial charge in [0.25, 0.3) is 0 Å². The van der Waals surface area contributed by atoms with E-state index in [1.54, 1.807) is 6.07 Å². The van der Waals surface area contributed by atoms with E-state index in [4.69, 9.17) is 21.5 Å². The summed E-state index contributed by atoms with van der Waals surface area (Å²) in [5.74, 6) is -1.03. The molecule has 84 valence electrons. The van der Waals surface area contributed by atoms with Gasteiger partial charge in [-0.3, -0.25) is 0 Å². The van der Waals surface area contributed by atoms with Crippen LogP contribution in [0.3, 0.4) is 0 Å². The summed E-state index contributed by atoms with van der Waals surface area (Å²) in [4.78, 5) is 15.0. The molecule has 1 aliphatic rings. The number of rotatable bonds is 3. The van der Waals surface area contributed by atoms with E-state index in [1.807, 2.05) is 12.1 Å². The van der Waals surface area contributed by atoms with Crippen LogP contribution in [0.2, 0.25) is 5.02 Å². The Bertz CT molecular complexity index is 457. The first-order valence-corrected chi connectivity index (χ1v) is 5.24. The maximum atomic E-state index is 10.3. The largest absolute Gasteiger partial charge is 0.479 e. The van der Waals surface area contributed by atoms with E-state index in [1.165, 1.54) is 0 Å². The van der Waals surface area contributed by atoms with Crippen LogP contribution in [0.25, 0.3) is 0 Å². The van der Waals surface area contributed by atoms with Crippen molar-refractivity contribution < 1.29 is 14.7 Å². The summed E-state index contributed by atoms with van der Waals surface area (Å²) in [7, 11) is 0. The number of fused-ring (bicyclic) bond motifs is 1. The number of hydrogen-bond acceptors (Lipinski definition) is 3. The molecule has 0 aromatic heterocycles. The minimum atomic E-state index is -1.03. The predicted octanol–water partition coefficient (Wildman–Crippen LogP) is 2.09. The van der Waals surface area contributed by atoms with Gasteiger partial charge < -0.3 is 9.94 Å². The molecule has 5 heteroatoms. The van der Waals surface area contributed by atoms with E-state index in [9.17, 15) is 4.79 Å². The Hall–Kier alpha value is -1.55. The smallest absolute Gasteiger partial charge is 0.344 e. The first-order valence-electron chi connectivity index (χ1n) is 4.86. The van der Waals surface area contributed by atoms with E-state index in [-0.39, 0.29) is 0 Å². The van der Waals surface area contributed by atoms with Gasteiger partial charge in [-0.15, -0.1) is 0 Å². The number of halogens is 1. The summed E-state index contributed by atoms with van der Waals surface area (Å²) >= 11 is 5.87. The van der Waals surface area contributed by atoms with Gasteiger partial charge in [0.1, 0.15) is 0 Å². The molecule has 0 radical (unpaired) electrons. The predicted molar refractivity (Wildman–Crippen MR) is 59.9 cm³/mol. The van der Waals surface area contributed by atoms with Gasteiger partial charge in [-0.2, -0.15) is 0 Å². The fourth-order valence-electron chi connectivity index (χ4n) is 1.70. The van der Waals surface area contributed by atoms with Crippen molar-refractivity contribution in [2.24, 2.45) is 5.16 Å². The number of aliphatic carboxylic acids is 1. The summed E-state index contributed by atoms with van der Waals surface area (Å²) in [5, 5.41) is 12.9. The standard InChI is InChI=1S/C11H10ClNO3/c12-8-2-3-9-7(5-8)1-4-10(9)13-16-6-11(14)15/h2-3,5H,1,4,6H2,(H,14,15)/b13-10-. The zero-order valence-electron chi connectivity index (χ0n) is 8.44. The number of aryl methyl sites for hydroxylation is 1. The molecule has 0 atom stereocenters. The lowest BCUT2D eigenvalue weighted by atomic mass is 10.1. The van der Waals surface area contributed by atoms with Crippen molar-refractivity contribution in [2.75, 3.05) is 6.61 Å². The maximum Gasteiger partial charge on any atom is 0.344 e. The van der Waals surface area contributed by atoms with Gasteiger partial charge in [0.05, 0.1) is 5.71 Å². The molecule has 0 amide bonds. The van der Waals surface area contributed by atoms with Gasteiger partial charge in [-0.1, -0.05) is 22.8 Å². The van der Waals surface area contributed by atoms with Crippen LogP contribution in [0.1, 0.15) is 17.5 Å². The van der Waals surface area contributed by atoms with Gasteiger partial charge >= 0.3 is 5.97 Å². The first-order chi connectivity index (χ1) is 7.66. The number of nitrogens with zero attached hydrogens (tertiary/aromatic N) is 1. The second kappa shape index (κ2) is 4.53. The Kier molecular flexibility index (Phi) is 3.10. The van der Waals surface area contributed by atoms with Crippen molar-refractivity contribution in [2.45, 2.75) is 12.8 Å². The van der Waals surface area contributed by atoms with Crippen LogP contribution in [0.5, 0.6) is 0 Å². The molecule has 4 nitrogen and oxygen atoms in total. The van der Waals surface area contributed by atoms with Gasteiger partial charge in [0.2, 0.25) is 6.61 Å². The highest BCUT2D eigenvalue weighted by Gasteiger charge is 2.18. The summed E-state index contributed by atoms with van der Waals surface area (Å²) in [6.07, 6.45) is 1.63. The molecule has 0 bridgehead atoms. The number of carboxylic acids is 1. The SMILES string of the molecule is O=C(O)CO/N=C1/CCc2cc(Cl)ccc21. The van der Waals surface area contributed by atoms with Crippen molar-refractivity contribution in [3.8, 4) is 0 Å². The average Bonchev–Trinajstić information content (AvgIpc) is 2.60. The van der Waals surface area contributed by atoms with Crippen LogP contribution < -0.4 is 0 Å². The monoisotopic (exact) mass is 239 g/mol. The van der Waals surface area contributed by atoms with Crippen LogP contribution in [-0.2, 0) is 16.1 Å². The number of hydrogen-bond donors (Lipinski definition) is 1. The number of carboxylic acid groups (broad SMARTS) is 1. The lowest BCUT2D eigenvalue weighted by molar-refractivity contribution is -0.142. The van der Waals surface area contributed by atoms with Gasteiger partial charge in [-0.25, -0.2) is 4.79 Å². The van der Waals surface area contributed by atoms with Gasteiger partial charge in [0, 0.05) is 10.6 Å². The van der Waals surface area contributed by atoms with Crippen molar-refractivity contribution in [1.82, 2.24) is 0 Å². The Morgan fingerprint density at radius 3 is 3.06 bits per heavy atom. The van der Waals surface area contributed by atoms with Crippen molar-refractivity contribution >= 4 is 23.3 Å². The lowest BCUT2D eigenvalue weighted by Gasteiger charge is -2.00. The van der Waals surface area contributed by atoms with Gasteiger partial charge in [0.15, 0.2) is 0 Å². The molecule has 2 rings (SSSR count).